The molecule has 0 spiro atoms. The molecule has 0 aliphatic heterocycles. The second-order valence-corrected chi connectivity index (χ2v) is 3.90. The summed E-state index contributed by atoms with van der Waals surface area (Å²) < 4.78 is 1.04. The van der Waals surface area contributed by atoms with Crippen molar-refractivity contribution >= 4 is 17.9 Å². The minimum absolute atomic E-state index is 0.155. The van der Waals surface area contributed by atoms with E-state index in [0.717, 1.165) is 23.7 Å². The zero-order valence-corrected chi connectivity index (χ0v) is 9.29. The summed E-state index contributed by atoms with van der Waals surface area (Å²) in [7, 11) is 0. The van der Waals surface area contributed by atoms with Gasteiger partial charge < -0.3 is 10.4 Å². The number of aromatic carboxylic acids is 1. The Kier molecular flexibility index (Phi) is 3.22. The van der Waals surface area contributed by atoms with Crippen LogP contribution in [-0.4, -0.2) is 44.0 Å². The van der Waals surface area contributed by atoms with Crippen LogP contribution in [0.25, 0.3) is 0 Å². The summed E-state index contributed by atoms with van der Waals surface area (Å²) in [6.45, 7) is -0.266. The third-order valence-corrected chi connectivity index (χ3v) is 2.23. The van der Waals surface area contributed by atoms with Crippen LogP contribution >= 0.6 is 0 Å². The molecule has 0 aromatic carbocycles. The Morgan fingerprint density at radius 3 is 2.72 bits per heavy atom. The minimum atomic E-state index is -1.23. The van der Waals surface area contributed by atoms with E-state index in [1.165, 1.54) is 0 Å². The maximum Gasteiger partial charge on any atom is 0.358 e. The minimum Gasteiger partial charge on any atom is -0.476 e. The Labute approximate surface area is 101 Å². The van der Waals surface area contributed by atoms with Gasteiger partial charge in [-0.05, 0) is 12.8 Å². The molecular weight excluding hydrogens is 242 g/mol. The largest absolute Gasteiger partial charge is 0.476 e. The summed E-state index contributed by atoms with van der Waals surface area (Å²) in [4.78, 5) is 33.1. The second kappa shape index (κ2) is 4.82. The number of carboxylic acid groups (broad SMARTS) is 1. The molecule has 3 amide bonds. The molecule has 1 aromatic rings. The number of nitrogens with one attached hydrogen (secondary N) is 2. The molecule has 1 aliphatic carbocycles. The second-order valence-electron chi connectivity index (χ2n) is 3.90. The van der Waals surface area contributed by atoms with Gasteiger partial charge >= 0.3 is 12.0 Å². The quantitative estimate of drug-likeness (QED) is 0.629. The summed E-state index contributed by atoms with van der Waals surface area (Å²) in [6, 6.07) is -0.399. The lowest BCUT2D eigenvalue weighted by atomic mass is 10.5. The third-order valence-electron chi connectivity index (χ3n) is 2.23. The van der Waals surface area contributed by atoms with Gasteiger partial charge in [0.1, 0.15) is 6.54 Å². The molecule has 0 unspecified atom stereocenters. The topological polar surface area (TPSA) is 126 Å². The van der Waals surface area contributed by atoms with E-state index >= 15 is 0 Å². The molecule has 3 N–H and O–H groups in total. The molecule has 0 bridgehead atoms. The lowest BCUT2D eigenvalue weighted by Crippen LogP contribution is -2.41. The van der Waals surface area contributed by atoms with Gasteiger partial charge in [0.05, 0.1) is 6.20 Å². The molecule has 2 rings (SSSR count). The number of amides is 3. The number of carboxylic acids is 1. The van der Waals surface area contributed by atoms with E-state index in [1.807, 2.05) is 0 Å². The maximum absolute atomic E-state index is 11.4. The summed E-state index contributed by atoms with van der Waals surface area (Å²) in [5.41, 5.74) is -0.259. The standard InChI is InChI=1S/C9H11N5O4/c15-7(11-9(18)10-5-1-2-5)4-14-3-6(8(16)17)12-13-14/h3,5H,1-2,4H2,(H,16,17)(H2,10,11,15,18). The fourth-order valence-electron chi connectivity index (χ4n) is 1.24. The summed E-state index contributed by atoms with van der Waals surface area (Å²) >= 11 is 0. The Hall–Kier alpha value is -2.45. The van der Waals surface area contributed by atoms with Crippen LogP contribution in [0.1, 0.15) is 23.3 Å². The lowest BCUT2D eigenvalue weighted by Gasteiger charge is -2.04. The normalized spacial score (nSPS) is 14.0. The van der Waals surface area contributed by atoms with Crippen LogP contribution in [0.4, 0.5) is 4.79 Å². The zero-order valence-electron chi connectivity index (χ0n) is 9.29. The number of carbonyl (C=O) groups is 3. The van der Waals surface area contributed by atoms with E-state index < -0.39 is 17.9 Å². The molecule has 18 heavy (non-hydrogen) atoms. The lowest BCUT2D eigenvalue weighted by molar-refractivity contribution is -0.120. The van der Waals surface area contributed by atoms with Gasteiger partial charge in [-0.3, -0.25) is 10.1 Å². The molecular formula is C9H11N5O4. The first-order chi connectivity index (χ1) is 8.54. The van der Waals surface area contributed by atoms with E-state index in [4.69, 9.17) is 5.11 Å². The van der Waals surface area contributed by atoms with Crippen LogP contribution < -0.4 is 10.6 Å². The van der Waals surface area contributed by atoms with Crippen LogP contribution in [0.3, 0.4) is 0 Å². The molecule has 9 heteroatoms. The van der Waals surface area contributed by atoms with E-state index in [-0.39, 0.29) is 18.3 Å². The van der Waals surface area contributed by atoms with Crippen LogP contribution in [0.2, 0.25) is 0 Å². The van der Waals surface area contributed by atoms with Gasteiger partial charge in [-0.1, -0.05) is 5.21 Å². The van der Waals surface area contributed by atoms with Crippen molar-refractivity contribution in [3.05, 3.63) is 11.9 Å². The summed E-state index contributed by atoms with van der Waals surface area (Å²) in [6.07, 6.45) is 2.96. The fourth-order valence-corrected chi connectivity index (χ4v) is 1.24. The Morgan fingerprint density at radius 1 is 1.44 bits per heavy atom. The summed E-state index contributed by atoms with van der Waals surface area (Å²) in [5, 5.41) is 20.1. The average Bonchev–Trinajstić information content (AvgIpc) is 2.93. The fraction of sp³-hybridized carbons (Fsp3) is 0.444. The maximum atomic E-state index is 11.4. The van der Waals surface area contributed by atoms with E-state index in [9.17, 15) is 14.4 Å². The highest BCUT2D eigenvalue weighted by Crippen LogP contribution is 2.18. The van der Waals surface area contributed by atoms with Gasteiger partial charge in [0, 0.05) is 6.04 Å². The molecule has 1 saturated carbocycles. The Balaban J connectivity index is 1.81. The van der Waals surface area contributed by atoms with E-state index in [1.54, 1.807) is 0 Å². The van der Waals surface area contributed by atoms with Gasteiger partial charge in [-0.2, -0.15) is 0 Å². The molecule has 9 nitrogen and oxygen atoms in total. The van der Waals surface area contributed by atoms with Crippen molar-refractivity contribution in [3.63, 3.8) is 0 Å². The number of urea groups is 1. The van der Waals surface area contributed by atoms with Crippen LogP contribution in [0, 0.1) is 0 Å². The van der Waals surface area contributed by atoms with Crippen molar-refractivity contribution in [3.8, 4) is 0 Å². The molecule has 0 saturated heterocycles. The zero-order chi connectivity index (χ0) is 13.1. The van der Waals surface area contributed by atoms with E-state index in [0.29, 0.717) is 0 Å². The molecule has 1 fully saturated rings. The number of hydrogen-bond acceptors (Lipinski definition) is 5. The predicted molar refractivity (Wildman–Crippen MR) is 56.7 cm³/mol. The Bertz CT molecular complexity index is 493. The SMILES string of the molecule is O=C(Cn1cc(C(=O)O)nn1)NC(=O)NC1CC1. The van der Waals surface area contributed by atoms with Crippen molar-refractivity contribution in [1.29, 1.82) is 0 Å². The third kappa shape index (κ3) is 3.27. The van der Waals surface area contributed by atoms with Crippen molar-refractivity contribution in [2.75, 3.05) is 0 Å². The molecule has 1 aromatic heterocycles. The highest BCUT2D eigenvalue weighted by molar-refractivity contribution is 5.94. The first-order valence-electron chi connectivity index (χ1n) is 5.28. The molecule has 0 atom stereocenters. The number of rotatable bonds is 4. The van der Waals surface area contributed by atoms with Crippen LogP contribution in [-0.2, 0) is 11.3 Å². The monoisotopic (exact) mass is 253 g/mol. The number of nitrogens with zero attached hydrogens (tertiary/aromatic N) is 3. The van der Waals surface area contributed by atoms with E-state index in [2.05, 4.69) is 20.9 Å². The number of carbonyl (C=O) groups excluding carboxylic acids is 2. The number of aromatic nitrogens is 3. The smallest absolute Gasteiger partial charge is 0.358 e. The first kappa shape index (κ1) is 12.0. The first-order valence-corrected chi connectivity index (χ1v) is 5.28. The predicted octanol–water partition coefficient (Wildman–Crippen LogP) is -1.04. The van der Waals surface area contributed by atoms with Gasteiger partial charge in [0.2, 0.25) is 5.91 Å². The number of hydrogen-bond donors (Lipinski definition) is 3. The van der Waals surface area contributed by atoms with Crippen molar-refractivity contribution < 1.29 is 19.5 Å². The van der Waals surface area contributed by atoms with Gasteiger partial charge in [-0.15, -0.1) is 5.10 Å². The van der Waals surface area contributed by atoms with Gasteiger partial charge in [0.15, 0.2) is 5.69 Å². The van der Waals surface area contributed by atoms with Crippen molar-refractivity contribution in [1.82, 2.24) is 25.6 Å². The van der Waals surface area contributed by atoms with Crippen LogP contribution in [0.15, 0.2) is 6.20 Å². The molecule has 0 radical (unpaired) electrons. The number of imide groups is 1. The van der Waals surface area contributed by atoms with Gasteiger partial charge in [-0.25, -0.2) is 14.3 Å². The van der Waals surface area contributed by atoms with Crippen LogP contribution in [0.5, 0.6) is 0 Å². The molecule has 96 valence electrons. The van der Waals surface area contributed by atoms with Gasteiger partial charge in [0.25, 0.3) is 0 Å². The molecule has 1 aliphatic rings. The highest BCUT2D eigenvalue weighted by Gasteiger charge is 2.24. The molecule has 1 heterocycles. The Morgan fingerprint density at radius 2 is 2.17 bits per heavy atom. The van der Waals surface area contributed by atoms with Crippen molar-refractivity contribution in [2.24, 2.45) is 0 Å². The van der Waals surface area contributed by atoms with Crippen molar-refractivity contribution in [2.45, 2.75) is 25.4 Å². The average molecular weight is 253 g/mol. The highest BCUT2D eigenvalue weighted by atomic mass is 16.4. The summed E-state index contributed by atoms with van der Waals surface area (Å²) in [5.74, 6) is -1.82.